The molecule has 0 saturated carbocycles. The molecule has 140 valence electrons. The van der Waals surface area contributed by atoms with Crippen molar-refractivity contribution in [2.75, 3.05) is 5.32 Å². The standard InChI is InChI=1S/C22H16Cl2N2O2/c23-16-7-9-18(24)20(11-16)26-22(27)21-10-15-6-8-17(12-19(15)25-21)28-13-14-4-2-1-3-5-14/h1-12,25H,13H2,(H,26,27). The smallest absolute Gasteiger partial charge is 0.272 e. The van der Waals surface area contributed by atoms with Gasteiger partial charge in [-0.25, -0.2) is 0 Å². The van der Waals surface area contributed by atoms with Crippen molar-refractivity contribution >= 4 is 45.7 Å². The lowest BCUT2D eigenvalue weighted by molar-refractivity contribution is 0.102. The third-order valence-corrected chi connectivity index (χ3v) is 4.83. The fraction of sp³-hybridized carbons (Fsp3) is 0.0455. The number of nitrogens with one attached hydrogen (secondary N) is 2. The van der Waals surface area contributed by atoms with Gasteiger partial charge in [-0.05, 0) is 42.0 Å². The Kier molecular flexibility index (Phi) is 5.24. The molecule has 0 atom stereocenters. The third kappa shape index (κ3) is 4.14. The number of benzene rings is 3. The molecule has 4 aromatic rings. The van der Waals surface area contributed by atoms with Crippen LogP contribution in [0.15, 0.2) is 72.8 Å². The van der Waals surface area contributed by atoms with Gasteiger partial charge in [-0.2, -0.15) is 0 Å². The molecule has 0 spiro atoms. The van der Waals surface area contributed by atoms with Crippen molar-refractivity contribution in [2.45, 2.75) is 6.61 Å². The highest BCUT2D eigenvalue weighted by Crippen LogP contribution is 2.27. The topological polar surface area (TPSA) is 54.1 Å². The first-order valence-corrected chi connectivity index (χ1v) is 9.40. The highest BCUT2D eigenvalue weighted by molar-refractivity contribution is 6.35. The highest BCUT2D eigenvalue weighted by Gasteiger charge is 2.12. The Bertz CT molecular complexity index is 1140. The second-order valence-corrected chi connectivity index (χ2v) is 7.13. The fourth-order valence-corrected chi connectivity index (χ4v) is 3.18. The Hall–Kier alpha value is -2.95. The Balaban J connectivity index is 1.51. The molecule has 4 nitrogen and oxygen atoms in total. The van der Waals surface area contributed by atoms with E-state index in [1.165, 1.54) is 0 Å². The lowest BCUT2D eigenvalue weighted by Crippen LogP contribution is -2.12. The Morgan fingerprint density at radius 1 is 0.964 bits per heavy atom. The van der Waals surface area contributed by atoms with Crippen molar-refractivity contribution in [3.05, 3.63) is 94.1 Å². The van der Waals surface area contributed by atoms with Crippen LogP contribution in [0.2, 0.25) is 10.0 Å². The van der Waals surface area contributed by atoms with Crippen LogP contribution in [0.1, 0.15) is 16.1 Å². The predicted molar refractivity (Wildman–Crippen MR) is 113 cm³/mol. The number of anilines is 1. The summed E-state index contributed by atoms with van der Waals surface area (Å²) in [5, 5.41) is 4.60. The molecule has 1 heterocycles. The van der Waals surface area contributed by atoms with Crippen molar-refractivity contribution in [3.8, 4) is 5.75 Å². The summed E-state index contributed by atoms with van der Waals surface area (Å²) in [5.41, 5.74) is 2.79. The maximum absolute atomic E-state index is 12.6. The van der Waals surface area contributed by atoms with E-state index in [0.29, 0.717) is 28.0 Å². The molecule has 2 N–H and O–H groups in total. The Morgan fingerprint density at radius 3 is 2.61 bits per heavy atom. The summed E-state index contributed by atoms with van der Waals surface area (Å²) in [6, 6.07) is 22.3. The van der Waals surface area contributed by atoms with Crippen molar-refractivity contribution in [3.63, 3.8) is 0 Å². The molecule has 1 amide bonds. The van der Waals surface area contributed by atoms with Crippen molar-refractivity contribution < 1.29 is 9.53 Å². The van der Waals surface area contributed by atoms with Crippen molar-refractivity contribution in [2.24, 2.45) is 0 Å². The van der Waals surface area contributed by atoms with E-state index in [0.717, 1.165) is 22.2 Å². The summed E-state index contributed by atoms with van der Waals surface area (Å²) < 4.78 is 5.84. The van der Waals surface area contributed by atoms with Gasteiger partial charge in [0, 0.05) is 22.0 Å². The molecule has 0 aliphatic rings. The Labute approximate surface area is 172 Å². The quantitative estimate of drug-likeness (QED) is 0.405. The second-order valence-electron chi connectivity index (χ2n) is 6.28. The molecule has 0 aliphatic heterocycles. The zero-order valence-corrected chi connectivity index (χ0v) is 16.2. The molecule has 1 aromatic heterocycles. The van der Waals surface area contributed by atoms with E-state index < -0.39 is 0 Å². The van der Waals surface area contributed by atoms with Crippen LogP contribution in [-0.4, -0.2) is 10.9 Å². The zero-order chi connectivity index (χ0) is 19.5. The van der Waals surface area contributed by atoms with Crippen LogP contribution >= 0.6 is 23.2 Å². The average Bonchev–Trinajstić information content (AvgIpc) is 3.13. The summed E-state index contributed by atoms with van der Waals surface area (Å²) in [6.07, 6.45) is 0. The number of rotatable bonds is 5. The minimum absolute atomic E-state index is 0.299. The summed E-state index contributed by atoms with van der Waals surface area (Å²) >= 11 is 12.1. The summed E-state index contributed by atoms with van der Waals surface area (Å²) in [5.74, 6) is 0.426. The van der Waals surface area contributed by atoms with Gasteiger partial charge in [-0.1, -0.05) is 53.5 Å². The van der Waals surface area contributed by atoms with Gasteiger partial charge in [0.15, 0.2) is 0 Å². The summed E-state index contributed by atoms with van der Waals surface area (Å²) in [7, 11) is 0. The average molecular weight is 411 g/mol. The minimum Gasteiger partial charge on any atom is -0.489 e. The maximum Gasteiger partial charge on any atom is 0.272 e. The van der Waals surface area contributed by atoms with Crippen LogP contribution < -0.4 is 10.1 Å². The molecule has 6 heteroatoms. The van der Waals surface area contributed by atoms with Gasteiger partial charge in [0.2, 0.25) is 0 Å². The van der Waals surface area contributed by atoms with Gasteiger partial charge in [-0.3, -0.25) is 4.79 Å². The molecule has 0 radical (unpaired) electrons. The number of hydrogen-bond acceptors (Lipinski definition) is 2. The number of aromatic amines is 1. The van der Waals surface area contributed by atoms with Gasteiger partial charge >= 0.3 is 0 Å². The highest BCUT2D eigenvalue weighted by atomic mass is 35.5. The fourth-order valence-electron chi connectivity index (χ4n) is 2.84. The van der Waals surface area contributed by atoms with Gasteiger partial charge in [-0.15, -0.1) is 0 Å². The van der Waals surface area contributed by atoms with Crippen LogP contribution in [-0.2, 0) is 6.61 Å². The maximum atomic E-state index is 12.6. The van der Waals surface area contributed by atoms with E-state index in [4.69, 9.17) is 27.9 Å². The van der Waals surface area contributed by atoms with E-state index in [1.54, 1.807) is 24.3 Å². The lowest BCUT2D eigenvalue weighted by Gasteiger charge is -2.06. The molecule has 0 aliphatic carbocycles. The molecule has 0 unspecified atom stereocenters. The normalized spacial score (nSPS) is 10.8. The SMILES string of the molecule is O=C(Nc1cc(Cl)ccc1Cl)c1cc2ccc(OCc3ccccc3)cc2[nH]1. The largest absolute Gasteiger partial charge is 0.489 e. The molecule has 3 aromatic carbocycles. The monoisotopic (exact) mass is 410 g/mol. The molecular formula is C22H16Cl2N2O2. The number of hydrogen-bond donors (Lipinski definition) is 2. The first-order valence-electron chi connectivity index (χ1n) is 8.64. The van der Waals surface area contributed by atoms with E-state index in [-0.39, 0.29) is 5.91 Å². The van der Waals surface area contributed by atoms with Gasteiger partial charge in [0.05, 0.1) is 10.7 Å². The van der Waals surface area contributed by atoms with Gasteiger partial charge in [0.25, 0.3) is 5.91 Å². The zero-order valence-electron chi connectivity index (χ0n) is 14.7. The van der Waals surface area contributed by atoms with Crippen LogP contribution in [0, 0.1) is 0 Å². The number of aromatic nitrogens is 1. The number of carbonyl (C=O) groups excluding carboxylic acids is 1. The summed E-state index contributed by atoms with van der Waals surface area (Å²) in [4.78, 5) is 15.7. The third-order valence-electron chi connectivity index (χ3n) is 4.26. The lowest BCUT2D eigenvalue weighted by atomic mass is 10.2. The van der Waals surface area contributed by atoms with E-state index in [9.17, 15) is 4.79 Å². The molecule has 28 heavy (non-hydrogen) atoms. The number of H-pyrrole nitrogens is 1. The second kappa shape index (κ2) is 7.97. The number of ether oxygens (including phenoxy) is 1. The number of fused-ring (bicyclic) bond motifs is 1. The molecule has 0 bridgehead atoms. The van der Waals surface area contributed by atoms with E-state index in [1.807, 2.05) is 48.5 Å². The van der Waals surface area contributed by atoms with Crippen molar-refractivity contribution in [1.29, 1.82) is 0 Å². The van der Waals surface area contributed by atoms with E-state index in [2.05, 4.69) is 10.3 Å². The molecule has 0 saturated heterocycles. The Morgan fingerprint density at radius 2 is 1.79 bits per heavy atom. The van der Waals surface area contributed by atoms with E-state index >= 15 is 0 Å². The number of halogens is 2. The predicted octanol–water partition coefficient (Wildman–Crippen LogP) is 6.31. The van der Waals surface area contributed by atoms with Crippen LogP contribution in [0.25, 0.3) is 10.9 Å². The molecule has 4 rings (SSSR count). The van der Waals surface area contributed by atoms with Crippen LogP contribution in [0.4, 0.5) is 5.69 Å². The van der Waals surface area contributed by atoms with Gasteiger partial charge in [0.1, 0.15) is 18.1 Å². The molecule has 0 fully saturated rings. The first-order chi connectivity index (χ1) is 13.6. The van der Waals surface area contributed by atoms with Gasteiger partial charge < -0.3 is 15.0 Å². The van der Waals surface area contributed by atoms with Crippen LogP contribution in [0.3, 0.4) is 0 Å². The number of amides is 1. The molecular weight excluding hydrogens is 395 g/mol. The van der Waals surface area contributed by atoms with Crippen LogP contribution in [0.5, 0.6) is 5.75 Å². The first kappa shape index (κ1) is 18.4. The van der Waals surface area contributed by atoms with Crippen molar-refractivity contribution in [1.82, 2.24) is 4.98 Å². The minimum atomic E-state index is -0.299. The summed E-state index contributed by atoms with van der Waals surface area (Å²) in [6.45, 7) is 0.480. The number of carbonyl (C=O) groups is 1.